The van der Waals surface area contributed by atoms with Crippen molar-refractivity contribution in [1.82, 2.24) is 0 Å². The fraction of sp³-hybridized carbons (Fsp3) is 0.870. The van der Waals surface area contributed by atoms with Crippen LogP contribution in [0, 0.1) is 28.6 Å². The van der Waals surface area contributed by atoms with Crippen LogP contribution in [0.25, 0.3) is 0 Å². The Balaban J connectivity index is 1.49. The van der Waals surface area contributed by atoms with Gasteiger partial charge in [-0.3, -0.25) is 0 Å². The topological polar surface area (TPSA) is 87.0 Å². The summed E-state index contributed by atoms with van der Waals surface area (Å²) < 4.78 is 5.18. The Morgan fingerprint density at radius 2 is 1.68 bits per heavy atom. The first-order valence-corrected chi connectivity index (χ1v) is 11.1. The number of aliphatic hydroxyl groups excluding tert-OH is 1. The molecule has 5 heteroatoms. The first-order chi connectivity index (χ1) is 13.1. The molecule has 0 aromatic rings. The number of cyclic esters (lactones) is 1. The summed E-state index contributed by atoms with van der Waals surface area (Å²) in [5.41, 5.74) is -0.999. The van der Waals surface area contributed by atoms with Crippen molar-refractivity contribution in [2.45, 2.75) is 88.9 Å². The van der Waals surface area contributed by atoms with Crippen molar-refractivity contribution in [3.63, 3.8) is 0 Å². The summed E-state index contributed by atoms with van der Waals surface area (Å²) in [6, 6.07) is 0. The zero-order valence-corrected chi connectivity index (χ0v) is 17.1. The average Bonchev–Trinajstić information content (AvgIpc) is 3.17. The molecule has 4 fully saturated rings. The van der Waals surface area contributed by atoms with E-state index in [0.717, 1.165) is 50.5 Å². The maximum absolute atomic E-state index is 12.1. The minimum absolute atomic E-state index is 0.176. The first kappa shape index (κ1) is 19.1. The monoisotopic (exact) mass is 390 g/mol. The van der Waals surface area contributed by atoms with Crippen molar-refractivity contribution in [2.24, 2.45) is 28.6 Å². The quantitative estimate of drug-likeness (QED) is 0.599. The van der Waals surface area contributed by atoms with Gasteiger partial charge in [0.1, 0.15) is 6.61 Å². The van der Waals surface area contributed by atoms with Crippen molar-refractivity contribution >= 4 is 5.97 Å². The van der Waals surface area contributed by atoms with Crippen LogP contribution in [0.4, 0.5) is 0 Å². The highest BCUT2D eigenvalue weighted by Crippen LogP contribution is 2.70. The molecule has 6 unspecified atom stereocenters. The van der Waals surface area contributed by atoms with Crippen molar-refractivity contribution < 1.29 is 24.9 Å². The Labute approximate surface area is 167 Å². The minimum Gasteiger partial charge on any atom is -0.458 e. The number of rotatable bonds is 1. The number of fused-ring (bicyclic) bond motifs is 5. The van der Waals surface area contributed by atoms with Crippen molar-refractivity contribution in [3.8, 4) is 0 Å². The molecule has 28 heavy (non-hydrogen) atoms. The molecule has 5 aliphatic rings. The van der Waals surface area contributed by atoms with Gasteiger partial charge in [0, 0.05) is 17.9 Å². The smallest absolute Gasteiger partial charge is 0.331 e. The number of ether oxygens (including phenoxy) is 1. The molecule has 0 spiro atoms. The molecule has 5 nitrogen and oxygen atoms in total. The lowest BCUT2D eigenvalue weighted by Gasteiger charge is -2.66. The van der Waals surface area contributed by atoms with Gasteiger partial charge >= 0.3 is 5.97 Å². The summed E-state index contributed by atoms with van der Waals surface area (Å²) >= 11 is 0. The van der Waals surface area contributed by atoms with E-state index in [0.29, 0.717) is 19.4 Å². The van der Waals surface area contributed by atoms with Gasteiger partial charge in [0.25, 0.3) is 0 Å². The molecule has 1 aliphatic heterocycles. The molecule has 0 aromatic carbocycles. The van der Waals surface area contributed by atoms with Crippen molar-refractivity contribution in [3.05, 3.63) is 11.6 Å². The van der Waals surface area contributed by atoms with E-state index < -0.39 is 17.3 Å². The first-order valence-electron chi connectivity index (χ1n) is 11.1. The summed E-state index contributed by atoms with van der Waals surface area (Å²) in [6.45, 7) is 4.80. The zero-order valence-electron chi connectivity index (χ0n) is 17.1. The van der Waals surface area contributed by atoms with Gasteiger partial charge in [-0.1, -0.05) is 13.8 Å². The van der Waals surface area contributed by atoms with Crippen LogP contribution >= 0.6 is 0 Å². The minimum atomic E-state index is -0.817. The normalized spacial score (nSPS) is 55.8. The van der Waals surface area contributed by atoms with Crippen LogP contribution in [0.1, 0.15) is 71.6 Å². The molecule has 156 valence electrons. The third-order valence-electron chi connectivity index (χ3n) is 10.1. The van der Waals surface area contributed by atoms with Crippen LogP contribution in [0.3, 0.4) is 0 Å². The molecule has 3 N–H and O–H groups in total. The summed E-state index contributed by atoms with van der Waals surface area (Å²) in [4.78, 5) is 11.6. The van der Waals surface area contributed by atoms with Gasteiger partial charge in [-0.25, -0.2) is 4.79 Å². The van der Waals surface area contributed by atoms with Gasteiger partial charge in [-0.2, -0.15) is 0 Å². The Bertz CT molecular complexity index is 733. The van der Waals surface area contributed by atoms with Crippen LogP contribution in [0.15, 0.2) is 11.6 Å². The Morgan fingerprint density at radius 3 is 2.39 bits per heavy atom. The summed E-state index contributed by atoms with van der Waals surface area (Å²) in [5.74, 6) is 0.409. The SMILES string of the molecule is C[C@]12CCC(O)CC1(O)CCC1C2CC[C@]2(C)C(C3=CC(=O)OC3)CCC12O. The van der Waals surface area contributed by atoms with Crippen LogP contribution in [0.5, 0.6) is 0 Å². The van der Waals surface area contributed by atoms with Gasteiger partial charge in [0.15, 0.2) is 0 Å². The fourth-order valence-corrected chi connectivity index (χ4v) is 8.38. The molecule has 5 rings (SSSR count). The molecular formula is C23H34O5. The van der Waals surface area contributed by atoms with Gasteiger partial charge in [-0.15, -0.1) is 0 Å². The lowest BCUT2D eigenvalue weighted by Crippen LogP contribution is -2.67. The Hall–Kier alpha value is -0.910. The van der Waals surface area contributed by atoms with E-state index in [2.05, 4.69) is 13.8 Å². The predicted octanol–water partition coefficient (Wildman–Crippen LogP) is 2.72. The Morgan fingerprint density at radius 1 is 0.964 bits per heavy atom. The maximum atomic E-state index is 12.1. The number of hydrogen-bond donors (Lipinski definition) is 3. The molecular weight excluding hydrogens is 356 g/mol. The highest BCUT2D eigenvalue weighted by molar-refractivity contribution is 5.85. The second kappa shape index (κ2) is 5.83. The van der Waals surface area contributed by atoms with Gasteiger partial charge in [-0.05, 0) is 80.1 Å². The molecule has 8 atom stereocenters. The summed E-state index contributed by atoms with van der Waals surface area (Å²) in [7, 11) is 0. The van der Waals surface area contributed by atoms with E-state index in [1.54, 1.807) is 6.08 Å². The molecule has 4 saturated carbocycles. The molecule has 0 saturated heterocycles. The van der Waals surface area contributed by atoms with E-state index in [-0.39, 0.29) is 34.6 Å². The number of carbonyl (C=O) groups is 1. The van der Waals surface area contributed by atoms with E-state index in [1.807, 2.05) is 0 Å². The largest absolute Gasteiger partial charge is 0.458 e. The van der Waals surface area contributed by atoms with Gasteiger partial charge < -0.3 is 20.1 Å². The third kappa shape index (κ3) is 2.21. The van der Waals surface area contributed by atoms with Crippen LogP contribution in [-0.2, 0) is 9.53 Å². The molecule has 0 bridgehead atoms. The second-order valence-electron chi connectivity index (χ2n) is 10.9. The highest BCUT2D eigenvalue weighted by Gasteiger charge is 2.70. The molecule has 0 amide bonds. The lowest BCUT2D eigenvalue weighted by molar-refractivity contribution is -0.254. The van der Waals surface area contributed by atoms with E-state index >= 15 is 0 Å². The van der Waals surface area contributed by atoms with Crippen LogP contribution < -0.4 is 0 Å². The molecule has 0 radical (unpaired) electrons. The van der Waals surface area contributed by atoms with Gasteiger partial charge in [0.05, 0.1) is 17.3 Å². The number of aliphatic hydroxyl groups is 3. The molecule has 4 aliphatic carbocycles. The van der Waals surface area contributed by atoms with Crippen molar-refractivity contribution in [1.29, 1.82) is 0 Å². The predicted molar refractivity (Wildman–Crippen MR) is 103 cm³/mol. The Kier molecular flexibility index (Phi) is 3.97. The average molecular weight is 391 g/mol. The van der Waals surface area contributed by atoms with Gasteiger partial charge in [0.2, 0.25) is 0 Å². The maximum Gasteiger partial charge on any atom is 0.331 e. The molecule has 0 aromatic heterocycles. The van der Waals surface area contributed by atoms with Crippen LogP contribution in [-0.4, -0.2) is 45.2 Å². The second-order valence-corrected chi connectivity index (χ2v) is 10.9. The molecule has 1 heterocycles. The van der Waals surface area contributed by atoms with Crippen molar-refractivity contribution in [2.75, 3.05) is 6.61 Å². The zero-order chi connectivity index (χ0) is 19.9. The number of hydrogen-bond acceptors (Lipinski definition) is 5. The van der Waals surface area contributed by atoms with E-state index in [9.17, 15) is 20.1 Å². The fourth-order valence-electron chi connectivity index (χ4n) is 8.38. The lowest BCUT2D eigenvalue weighted by atomic mass is 9.42. The van der Waals surface area contributed by atoms with E-state index in [1.165, 1.54) is 0 Å². The van der Waals surface area contributed by atoms with E-state index in [4.69, 9.17) is 4.74 Å². The standard InChI is InChI=1S/C23H34O5/c1-20-7-3-15(24)12-22(20,26)9-5-18-17(20)4-8-21(2)16(6-10-23(18,21)27)14-11-19(25)28-13-14/h11,15-18,24,26-27H,3-10,12-13H2,1-2H3/t15?,16?,17?,18?,20-,21-,22?,23?/m1/s1. The summed E-state index contributed by atoms with van der Waals surface area (Å²) in [6.07, 6.45) is 8.33. The highest BCUT2D eigenvalue weighted by atomic mass is 16.5. The third-order valence-corrected chi connectivity index (χ3v) is 10.1. The summed E-state index contributed by atoms with van der Waals surface area (Å²) in [5, 5.41) is 33.8. The number of carbonyl (C=O) groups excluding carboxylic acids is 1. The number of esters is 1. The van der Waals surface area contributed by atoms with Crippen LogP contribution in [0.2, 0.25) is 0 Å².